The van der Waals surface area contributed by atoms with Gasteiger partial charge in [0.1, 0.15) is 6.54 Å². The predicted octanol–water partition coefficient (Wildman–Crippen LogP) is 0.878. The molecule has 0 fully saturated rings. The number of esters is 1. The Hall–Kier alpha value is -2.17. The van der Waals surface area contributed by atoms with Crippen LogP contribution in [0.15, 0.2) is 29.1 Å². The minimum absolute atomic E-state index is 0.122. The van der Waals surface area contributed by atoms with Gasteiger partial charge in [-0.2, -0.15) is 4.98 Å². The maximum absolute atomic E-state index is 11.7. The van der Waals surface area contributed by atoms with Crippen molar-refractivity contribution >= 4 is 16.9 Å². The molecule has 1 heterocycles. The lowest BCUT2D eigenvalue weighted by atomic mass is 10.2. The van der Waals surface area contributed by atoms with Gasteiger partial charge in [-0.3, -0.25) is 9.36 Å². The summed E-state index contributed by atoms with van der Waals surface area (Å²) in [5.74, 6) is -0.470. The normalized spacial score (nSPS) is 10.5. The molecule has 0 aliphatic heterocycles. The number of ether oxygens (including phenoxy) is 1. The third kappa shape index (κ3) is 2.04. The van der Waals surface area contributed by atoms with Crippen molar-refractivity contribution in [3.63, 3.8) is 0 Å². The van der Waals surface area contributed by atoms with E-state index in [2.05, 4.69) is 9.72 Å². The summed E-state index contributed by atoms with van der Waals surface area (Å²) in [4.78, 5) is 26.9. The lowest BCUT2D eigenvalue weighted by molar-refractivity contribution is -0.141. The summed E-state index contributed by atoms with van der Waals surface area (Å²) in [5, 5.41) is 0.857. The highest BCUT2D eigenvalue weighted by molar-refractivity contribution is 5.82. The van der Waals surface area contributed by atoms with Crippen LogP contribution < -0.4 is 5.69 Å². The van der Waals surface area contributed by atoms with Crippen LogP contribution in [-0.2, 0) is 16.1 Å². The summed E-state index contributed by atoms with van der Waals surface area (Å²) in [7, 11) is 1.29. The molecule has 5 nitrogen and oxygen atoms in total. The van der Waals surface area contributed by atoms with E-state index in [0.29, 0.717) is 11.2 Å². The van der Waals surface area contributed by atoms with Gasteiger partial charge in [-0.05, 0) is 13.0 Å². The molecule has 0 spiro atoms. The van der Waals surface area contributed by atoms with Gasteiger partial charge in [0.25, 0.3) is 0 Å². The fourth-order valence-corrected chi connectivity index (χ4v) is 1.73. The maximum atomic E-state index is 11.7. The average molecular weight is 232 g/mol. The van der Waals surface area contributed by atoms with Crippen LogP contribution in [0.5, 0.6) is 0 Å². The number of benzene rings is 1. The molecule has 0 N–H and O–H groups in total. The Morgan fingerprint density at radius 3 is 2.82 bits per heavy atom. The fourth-order valence-electron chi connectivity index (χ4n) is 1.73. The first-order chi connectivity index (χ1) is 8.13. The van der Waals surface area contributed by atoms with E-state index in [9.17, 15) is 9.59 Å². The Morgan fingerprint density at radius 2 is 2.12 bits per heavy atom. The summed E-state index contributed by atoms with van der Waals surface area (Å²) in [6.07, 6.45) is 0. The van der Waals surface area contributed by atoms with Gasteiger partial charge >= 0.3 is 11.7 Å². The molecule has 0 radical (unpaired) electrons. The lowest BCUT2D eigenvalue weighted by Gasteiger charge is -2.09. The van der Waals surface area contributed by atoms with Crippen LogP contribution in [0.3, 0.4) is 0 Å². The van der Waals surface area contributed by atoms with Crippen molar-refractivity contribution < 1.29 is 9.53 Å². The van der Waals surface area contributed by atoms with Crippen LogP contribution in [-0.4, -0.2) is 22.6 Å². The van der Waals surface area contributed by atoms with Gasteiger partial charge in [0.15, 0.2) is 0 Å². The number of carbonyl (C=O) groups excluding carboxylic acids is 1. The van der Waals surface area contributed by atoms with E-state index in [-0.39, 0.29) is 6.54 Å². The molecule has 0 saturated carbocycles. The highest BCUT2D eigenvalue weighted by atomic mass is 16.5. The van der Waals surface area contributed by atoms with Crippen molar-refractivity contribution in [2.45, 2.75) is 13.5 Å². The summed E-state index contributed by atoms with van der Waals surface area (Å²) in [5.41, 5.74) is 0.911. The topological polar surface area (TPSA) is 61.2 Å². The SMILES string of the molecule is COC(=O)Cn1c(=O)nc(C)c2ccccc21. The number of hydrogen-bond acceptors (Lipinski definition) is 4. The third-order valence-corrected chi connectivity index (χ3v) is 2.59. The summed E-state index contributed by atoms with van der Waals surface area (Å²) in [6.45, 7) is 1.65. The maximum Gasteiger partial charge on any atom is 0.348 e. The smallest absolute Gasteiger partial charge is 0.348 e. The zero-order valence-electron chi connectivity index (χ0n) is 9.64. The molecular formula is C12H12N2O3. The van der Waals surface area contributed by atoms with Crippen molar-refractivity contribution in [1.29, 1.82) is 0 Å². The largest absolute Gasteiger partial charge is 0.468 e. The van der Waals surface area contributed by atoms with Gasteiger partial charge < -0.3 is 4.74 Å². The number of methoxy groups -OCH3 is 1. The van der Waals surface area contributed by atoms with E-state index < -0.39 is 11.7 Å². The van der Waals surface area contributed by atoms with E-state index in [1.807, 2.05) is 18.2 Å². The van der Waals surface area contributed by atoms with E-state index in [0.717, 1.165) is 5.39 Å². The average Bonchev–Trinajstić information content (AvgIpc) is 2.34. The third-order valence-electron chi connectivity index (χ3n) is 2.59. The van der Waals surface area contributed by atoms with Crippen LogP contribution in [0.4, 0.5) is 0 Å². The minimum Gasteiger partial charge on any atom is -0.468 e. The molecule has 0 aliphatic rings. The van der Waals surface area contributed by atoms with Gasteiger partial charge in [0.05, 0.1) is 18.3 Å². The van der Waals surface area contributed by atoms with Crippen LogP contribution in [0.1, 0.15) is 5.69 Å². The Labute approximate surface area is 97.7 Å². The zero-order valence-corrected chi connectivity index (χ0v) is 9.64. The molecule has 1 aromatic heterocycles. The molecule has 2 rings (SSSR count). The summed E-state index contributed by atoms with van der Waals surface area (Å²) < 4.78 is 5.88. The van der Waals surface area contributed by atoms with Crippen LogP contribution in [0, 0.1) is 6.92 Å². The van der Waals surface area contributed by atoms with E-state index in [1.54, 1.807) is 13.0 Å². The van der Waals surface area contributed by atoms with Gasteiger partial charge in [0.2, 0.25) is 0 Å². The molecule has 5 heteroatoms. The number of rotatable bonds is 2. The van der Waals surface area contributed by atoms with Crippen LogP contribution >= 0.6 is 0 Å². The van der Waals surface area contributed by atoms with Crippen molar-refractivity contribution in [1.82, 2.24) is 9.55 Å². The highest BCUT2D eigenvalue weighted by Crippen LogP contribution is 2.13. The second kappa shape index (κ2) is 4.37. The molecule has 0 unspecified atom stereocenters. The molecule has 0 atom stereocenters. The Kier molecular flexibility index (Phi) is 2.91. The van der Waals surface area contributed by atoms with E-state index >= 15 is 0 Å². The summed E-state index contributed by atoms with van der Waals surface area (Å²) in [6, 6.07) is 7.33. The summed E-state index contributed by atoms with van der Waals surface area (Å²) >= 11 is 0. The van der Waals surface area contributed by atoms with Gasteiger partial charge in [0, 0.05) is 5.39 Å². The number of nitrogens with zero attached hydrogens (tertiary/aromatic N) is 2. The van der Waals surface area contributed by atoms with E-state index in [1.165, 1.54) is 11.7 Å². The van der Waals surface area contributed by atoms with Gasteiger partial charge in [-0.1, -0.05) is 18.2 Å². The molecular weight excluding hydrogens is 220 g/mol. The van der Waals surface area contributed by atoms with Crippen LogP contribution in [0.2, 0.25) is 0 Å². The number of aryl methyl sites for hydroxylation is 1. The Balaban J connectivity index is 2.69. The monoisotopic (exact) mass is 232 g/mol. The number of carbonyl (C=O) groups is 1. The molecule has 0 saturated heterocycles. The van der Waals surface area contributed by atoms with Crippen LogP contribution in [0.25, 0.3) is 10.9 Å². The molecule has 0 aliphatic carbocycles. The molecule has 1 aromatic carbocycles. The first-order valence-corrected chi connectivity index (χ1v) is 5.16. The van der Waals surface area contributed by atoms with E-state index in [4.69, 9.17) is 0 Å². The Bertz CT molecular complexity index is 631. The van der Waals surface area contributed by atoms with Crippen molar-refractivity contribution in [2.24, 2.45) is 0 Å². The van der Waals surface area contributed by atoms with Crippen molar-refractivity contribution in [3.05, 3.63) is 40.4 Å². The standard InChI is InChI=1S/C12H12N2O3/c1-8-9-5-3-4-6-10(9)14(12(16)13-8)7-11(15)17-2/h3-6H,7H2,1-2H3. The number of hydrogen-bond donors (Lipinski definition) is 0. The number of para-hydroxylation sites is 1. The predicted molar refractivity (Wildman–Crippen MR) is 62.8 cm³/mol. The number of aromatic nitrogens is 2. The van der Waals surface area contributed by atoms with Gasteiger partial charge in [-0.25, -0.2) is 4.79 Å². The molecule has 2 aromatic rings. The zero-order chi connectivity index (χ0) is 12.4. The van der Waals surface area contributed by atoms with Crippen molar-refractivity contribution in [2.75, 3.05) is 7.11 Å². The molecule has 0 amide bonds. The minimum atomic E-state index is -0.470. The second-order valence-corrected chi connectivity index (χ2v) is 3.66. The first kappa shape index (κ1) is 11.3. The number of fused-ring (bicyclic) bond motifs is 1. The fraction of sp³-hybridized carbons (Fsp3) is 0.250. The molecule has 17 heavy (non-hydrogen) atoms. The van der Waals surface area contributed by atoms with Crippen molar-refractivity contribution in [3.8, 4) is 0 Å². The molecule has 0 bridgehead atoms. The highest BCUT2D eigenvalue weighted by Gasteiger charge is 2.10. The second-order valence-electron chi connectivity index (χ2n) is 3.66. The van der Waals surface area contributed by atoms with Gasteiger partial charge in [-0.15, -0.1) is 0 Å². The Morgan fingerprint density at radius 1 is 1.41 bits per heavy atom. The lowest BCUT2D eigenvalue weighted by Crippen LogP contribution is -2.28. The molecule has 88 valence electrons. The first-order valence-electron chi connectivity index (χ1n) is 5.16. The quantitative estimate of drug-likeness (QED) is 0.721.